The fourth-order valence-electron chi connectivity index (χ4n) is 7.85. The molecule has 0 aliphatic rings. The first-order valence-electron chi connectivity index (χ1n) is 18.7. The van der Waals surface area contributed by atoms with Gasteiger partial charge in [-0.15, -0.1) is 22.7 Å². The molecule has 11 aromatic rings. The van der Waals surface area contributed by atoms with Crippen molar-refractivity contribution in [3.05, 3.63) is 188 Å². The van der Waals surface area contributed by atoms with E-state index in [4.69, 9.17) is 15.0 Å². The Bertz CT molecular complexity index is 3230. The van der Waals surface area contributed by atoms with Crippen LogP contribution in [0.1, 0.15) is 0 Å². The molecule has 0 aliphatic heterocycles. The molecule has 0 unspecified atom stereocenters. The lowest BCUT2D eigenvalue weighted by Gasteiger charge is -2.13. The number of aromatic nitrogens is 3. The molecule has 0 N–H and O–H groups in total. The predicted octanol–water partition coefficient (Wildman–Crippen LogP) is 14.6. The van der Waals surface area contributed by atoms with E-state index in [2.05, 4.69) is 182 Å². The van der Waals surface area contributed by atoms with Crippen molar-refractivity contribution in [1.82, 2.24) is 15.0 Å². The smallest absolute Gasteiger partial charge is 0.165 e. The van der Waals surface area contributed by atoms with Gasteiger partial charge in [0.25, 0.3) is 0 Å². The average Bonchev–Trinajstić information content (AvgIpc) is 3.86. The Morgan fingerprint density at radius 3 is 1.32 bits per heavy atom. The van der Waals surface area contributed by atoms with E-state index in [0.717, 1.165) is 27.8 Å². The Kier molecular flexibility index (Phi) is 7.87. The lowest BCUT2D eigenvalue weighted by molar-refractivity contribution is 1.08. The van der Waals surface area contributed by atoms with Crippen LogP contribution < -0.4 is 0 Å². The van der Waals surface area contributed by atoms with Gasteiger partial charge in [0, 0.05) is 57.0 Å². The Morgan fingerprint density at radius 1 is 0.250 bits per heavy atom. The zero-order valence-corrected chi connectivity index (χ0v) is 31.7. The van der Waals surface area contributed by atoms with E-state index >= 15 is 0 Å². The minimum atomic E-state index is 0.643. The zero-order chi connectivity index (χ0) is 37.0. The standard InChI is InChI=1S/C51H31N3S2/c1-2-12-32(13-3-1)33-24-26-34(27-25-33)37-14-4-5-17-43(37)50-52-49(53-51(54-50)44-21-11-20-42-40-16-7-9-23-46(40)56-48(42)44)36-30-28-35(29-31-36)38-18-10-19-41-39-15-6-8-22-45(39)55-47(38)41/h1-31H. The molecule has 56 heavy (non-hydrogen) atoms. The van der Waals surface area contributed by atoms with Crippen LogP contribution in [0.3, 0.4) is 0 Å². The number of hydrogen-bond acceptors (Lipinski definition) is 5. The largest absolute Gasteiger partial charge is 0.208 e. The molecule has 3 nitrogen and oxygen atoms in total. The number of rotatable bonds is 6. The number of nitrogens with zero attached hydrogens (tertiary/aromatic N) is 3. The second-order valence-electron chi connectivity index (χ2n) is 13.9. The molecule has 11 rings (SSSR count). The fraction of sp³-hybridized carbons (Fsp3) is 0. The third kappa shape index (κ3) is 5.60. The number of thiophene rings is 2. The molecular formula is C51H31N3S2. The van der Waals surface area contributed by atoms with E-state index in [1.165, 1.54) is 62.6 Å². The number of hydrogen-bond donors (Lipinski definition) is 0. The van der Waals surface area contributed by atoms with Crippen molar-refractivity contribution in [3.63, 3.8) is 0 Å². The Labute approximate surface area is 331 Å². The molecule has 0 atom stereocenters. The summed E-state index contributed by atoms with van der Waals surface area (Å²) in [4.78, 5) is 15.7. The third-order valence-electron chi connectivity index (χ3n) is 10.6. The number of benzene rings is 8. The highest BCUT2D eigenvalue weighted by Crippen LogP contribution is 2.42. The van der Waals surface area contributed by atoms with Crippen LogP contribution in [-0.2, 0) is 0 Å². The van der Waals surface area contributed by atoms with Crippen molar-refractivity contribution in [2.24, 2.45) is 0 Å². The summed E-state index contributed by atoms with van der Waals surface area (Å²) < 4.78 is 5.03. The van der Waals surface area contributed by atoms with Crippen molar-refractivity contribution in [2.75, 3.05) is 0 Å². The van der Waals surface area contributed by atoms with Gasteiger partial charge in [-0.3, -0.25) is 0 Å². The van der Waals surface area contributed by atoms with E-state index in [1.54, 1.807) is 11.3 Å². The van der Waals surface area contributed by atoms with Crippen molar-refractivity contribution in [1.29, 1.82) is 0 Å². The van der Waals surface area contributed by atoms with Gasteiger partial charge >= 0.3 is 0 Å². The van der Waals surface area contributed by atoms with E-state index in [1.807, 2.05) is 17.4 Å². The lowest BCUT2D eigenvalue weighted by Crippen LogP contribution is -2.01. The minimum absolute atomic E-state index is 0.643. The topological polar surface area (TPSA) is 38.7 Å². The Morgan fingerprint density at radius 2 is 0.661 bits per heavy atom. The van der Waals surface area contributed by atoms with Gasteiger partial charge in [0.1, 0.15) is 0 Å². The van der Waals surface area contributed by atoms with Crippen molar-refractivity contribution in [3.8, 4) is 67.5 Å². The van der Waals surface area contributed by atoms with Crippen LogP contribution in [-0.4, -0.2) is 15.0 Å². The first-order chi connectivity index (χ1) is 27.7. The van der Waals surface area contributed by atoms with E-state index in [9.17, 15) is 0 Å². The highest BCUT2D eigenvalue weighted by molar-refractivity contribution is 7.26. The Balaban J connectivity index is 1.06. The first kappa shape index (κ1) is 32.6. The van der Waals surface area contributed by atoms with Gasteiger partial charge < -0.3 is 0 Å². The molecule has 0 amide bonds. The third-order valence-corrected chi connectivity index (χ3v) is 13.0. The summed E-state index contributed by atoms with van der Waals surface area (Å²) in [5, 5.41) is 5.06. The second kappa shape index (κ2) is 13.5. The number of fused-ring (bicyclic) bond motifs is 6. The molecule has 5 heteroatoms. The van der Waals surface area contributed by atoms with Crippen molar-refractivity contribution >= 4 is 63.0 Å². The van der Waals surface area contributed by atoms with E-state index in [0.29, 0.717) is 17.5 Å². The predicted molar refractivity (Wildman–Crippen MR) is 238 cm³/mol. The lowest BCUT2D eigenvalue weighted by atomic mass is 9.96. The second-order valence-corrected chi connectivity index (χ2v) is 16.0. The maximum atomic E-state index is 5.28. The van der Waals surface area contributed by atoms with Gasteiger partial charge in [0.05, 0.1) is 0 Å². The summed E-state index contributed by atoms with van der Waals surface area (Å²) in [6.07, 6.45) is 0. The van der Waals surface area contributed by atoms with Crippen molar-refractivity contribution < 1.29 is 0 Å². The average molecular weight is 750 g/mol. The normalized spacial score (nSPS) is 11.6. The molecule has 0 aliphatic carbocycles. The summed E-state index contributed by atoms with van der Waals surface area (Å²) in [7, 11) is 0. The highest BCUT2D eigenvalue weighted by atomic mass is 32.1. The van der Waals surface area contributed by atoms with E-state index in [-0.39, 0.29) is 0 Å². The van der Waals surface area contributed by atoms with Crippen LogP contribution >= 0.6 is 22.7 Å². The van der Waals surface area contributed by atoms with Gasteiger partial charge in [0.15, 0.2) is 17.5 Å². The summed E-state index contributed by atoms with van der Waals surface area (Å²) in [5.74, 6) is 1.95. The summed E-state index contributed by atoms with van der Waals surface area (Å²) in [6.45, 7) is 0. The monoisotopic (exact) mass is 749 g/mol. The van der Waals surface area contributed by atoms with Crippen molar-refractivity contribution in [2.45, 2.75) is 0 Å². The molecule has 3 heterocycles. The molecule has 0 fully saturated rings. The van der Waals surface area contributed by atoms with Gasteiger partial charge in [0.2, 0.25) is 0 Å². The Hall–Kier alpha value is -6.79. The summed E-state index contributed by atoms with van der Waals surface area (Å²) in [6, 6.07) is 66.7. The molecule has 0 spiro atoms. The van der Waals surface area contributed by atoms with Gasteiger partial charge in [-0.05, 0) is 51.6 Å². The highest BCUT2D eigenvalue weighted by Gasteiger charge is 2.19. The van der Waals surface area contributed by atoms with Crippen LogP contribution in [0.15, 0.2) is 188 Å². The van der Waals surface area contributed by atoms with Crippen LogP contribution in [0.25, 0.3) is 108 Å². The first-order valence-corrected chi connectivity index (χ1v) is 20.3. The quantitative estimate of drug-likeness (QED) is 0.170. The van der Waals surface area contributed by atoms with Gasteiger partial charge in [-0.1, -0.05) is 170 Å². The SMILES string of the molecule is c1ccc(-c2ccc(-c3ccccc3-c3nc(-c4ccc(-c5cccc6c5sc5ccccc56)cc4)nc(-c4cccc5c4sc4ccccc45)n3)cc2)cc1. The molecule has 0 radical (unpaired) electrons. The van der Waals surface area contributed by atoms with Crippen LogP contribution in [0, 0.1) is 0 Å². The van der Waals surface area contributed by atoms with Crippen LogP contribution in [0.4, 0.5) is 0 Å². The maximum absolute atomic E-state index is 5.28. The van der Waals surface area contributed by atoms with Crippen LogP contribution in [0.5, 0.6) is 0 Å². The molecule has 8 aromatic carbocycles. The molecule has 3 aromatic heterocycles. The zero-order valence-electron chi connectivity index (χ0n) is 30.1. The van der Waals surface area contributed by atoms with Gasteiger partial charge in [-0.25, -0.2) is 15.0 Å². The summed E-state index contributed by atoms with van der Waals surface area (Å²) in [5.41, 5.74) is 9.86. The molecule has 0 bridgehead atoms. The molecule has 0 saturated carbocycles. The molecule has 0 saturated heterocycles. The minimum Gasteiger partial charge on any atom is -0.208 e. The molecule has 262 valence electrons. The van der Waals surface area contributed by atoms with E-state index < -0.39 is 0 Å². The fourth-order valence-corrected chi connectivity index (χ4v) is 10.3. The molecular weight excluding hydrogens is 719 g/mol. The van der Waals surface area contributed by atoms with Gasteiger partial charge in [-0.2, -0.15) is 0 Å². The van der Waals surface area contributed by atoms with Crippen LogP contribution in [0.2, 0.25) is 0 Å². The maximum Gasteiger partial charge on any atom is 0.165 e. The summed E-state index contributed by atoms with van der Waals surface area (Å²) >= 11 is 3.64.